The van der Waals surface area contributed by atoms with Crippen LogP contribution in [0.4, 0.5) is 14.4 Å². The lowest BCUT2D eigenvalue weighted by molar-refractivity contribution is -0.162. The predicted octanol–water partition coefficient (Wildman–Crippen LogP) is 7.55. The molecule has 0 heterocycles. The van der Waals surface area contributed by atoms with Crippen molar-refractivity contribution in [3.05, 3.63) is 179 Å². The Hall–Kier alpha value is -10.2. The van der Waals surface area contributed by atoms with Crippen molar-refractivity contribution >= 4 is 54.0 Å². The molecule has 0 radical (unpaired) electrons. The van der Waals surface area contributed by atoms with Gasteiger partial charge >= 0.3 is 42.2 Å². The van der Waals surface area contributed by atoms with Gasteiger partial charge in [-0.25, -0.2) is 33.6 Å². The molecule has 6 aromatic carbocycles. The molecular formula is C68H75N5O19. The van der Waals surface area contributed by atoms with E-state index in [-0.39, 0.29) is 57.4 Å². The molecule has 0 bridgehead atoms. The van der Waals surface area contributed by atoms with Gasteiger partial charge in [-0.1, -0.05) is 146 Å². The molecule has 0 saturated carbocycles. The molecule has 0 fully saturated rings. The van der Waals surface area contributed by atoms with E-state index >= 15 is 0 Å². The zero-order valence-electron chi connectivity index (χ0n) is 51.7. The maximum atomic E-state index is 12.3. The fourth-order valence-electron chi connectivity index (χ4n) is 10.4. The number of benzene rings is 6. The number of carbonyl (C=O) groups is 9. The Kier molecular flexibility index (Phi) is 24.1. The van der Waals surface area contributed by atoms with Crippen LogP contribution in [0, 0.1) is 0 Å². The monoisotopic (exact) mass is 1270 g/mol. The molecule has 0 aliphatic heterocycles. The van der Waals surface area contributed by atoms with Gasteiger partial charge in [0, 0.05) is 17.8 Å². The van der Waals surface area contributed by atoms with E-state index in [0.717, 1.165) is 66.8 Å². The lowest BCUT2D eigenvalue weighted by Gasteiger charge is -2.20. The SMILES string of the molecule is CC(C)(C)OC(=O)COC[C@H](NC(=O)OCC1c2ccccc2-c2ccccc21)C(=O)O.CC(C)(C)OC(=O)COC[C@H](NC(=O)OCC1c2ccccc2-c2ccccc21)C(N)=O.NC(=O)[C@H](COCC(=O)O)NC(=O)OCC1c2ccccc2-c2ccccc21. The normalized spacial score (nSPS) is 13.5. The van der Waals surface area contributed by atoms with Crippen LogP contribution in [-0.4, -0.2) is 153 Å². The molecule has 9 rings (SSSR count). The number of amides is 5. The topological polar surface area (TPSA) is 356 Å². The average Bonchev–Trinajstić information content (AvgIpc) is 1.64. The van der Waals surface area contributed by atoms with Crippen LogP contribution in [0.2, 0.25) is 0 Å². The second-order valence-corrected chi connectivity index (χ2v) is 23.3. The number of alkyl carbamates (subject to hydrolysis) is 3. The van der Waals surface area contributed by atoms with Crippen LogP contribution in [0.1, 0.15) is 92.7 Å². The molecule has 0 spiro atoms. The molecule has 3 aliphatic carbocycles. The highest BCUT2D eigenvalue weighted by molar-refractivity contribution is 5.86. The Bertz CT molecular complexity index is 3340. The molecule has 3 aliphatic rings. The average molecular weight is 1270 g/mol. The summed E-state index contributed by atoms with van der Waals surface area (Å²) in [5.41, 5.74) is 22.2. The Balaban J connectivity index is 0.000000196. The minimum Gasteiger partial charge on any atom is -0.480 e. The first-order valence-corrected chi connectivity index (χ1v) is 29.3. The van der Waals surface area contributed by atoms with Gasteiger partial charge in [-0.3, -0.25) is 9.59 Å². The Labute approximate surface area is 531 Å². The Morgan fingerprint density at radius 1 is 0.391 bits per heavy atom. The lowest BCUT2D eigenvalue weighted by atomic mass is 9.98. The molecule has 0 saturated heterocycles. The van der Waals surface area contributed by atoms with Gasteiger partial charge in [0.05, 0.1) is 19.8 Å². The number of nitrogens with two attached hydrogens (primary N) is 2. The van der Waals surface area contributed by atoms with Crippen molar-refractivity contribution in [3.8, 4) is 33.4 Å². The van der Waals surface area contributed by atoms with Crippen LogP contribution in [0.15, 0.2) is 146 Å². The van der Waals surface area contributed by atoms with Crippen molar-refractivity contribution in [2.75, 3.05) is 59.5 Å². The highest BCUT2D eigenvalue weighted by Gasteiger charge is 2.34. The number of hydrogen-bond acceptors (Lipinski definition) is 17. The summed E-state index contributed by atoms with van der Waals surface area (Å²) in [4.78, 5) is 105. The van der Waals surface area contributed by atoms with E-state index in [9.17, 15) is 48.3 Å². The van der Waals surface area contributed by atoms with Gasteiger partial charge in [0.1, 0.15) is 62.9 Å². The van der Waals surface area contributed by atoms with Gasteiger partial charge < -0.3 is 75.5 Å². The van der Waals surface area contributed by atoms with E-state index in [2.05, 4.69) is 16.0 Å². The highest BCUT2D eigenvalue weighted by Crippen LogP contribution is 2.47. The molecule has 9 N–H and O–H groups in total. The molecule has 3 atom stereocenters. The predicted molar refractivity (Wildman–Crippen MR) is 334 cm³/mol. The molecule has 24 nitrogen and oxygen atoms in total. The number of ether oxygens (including phenoxy) is 8. The largest absolute Gasteiger partial charge is 0.480 e. The summed E-state index contributed by atoms with van der Waals surface area (Å²) in [5, 5.41) is 24.9. The molecule has 6 aromatic rings. The summed E-state index contributed by atoms with van der Waals surface area (Å²) in [6.07, 6.45) is -2.50. The number of fused-ring (bicyclic) bond motifs is 9. The summed E-state index contributed by atoms with van der Waals surface area (Å²) < 4.78 is 41.4. The molecule has 0 unspecified atom stereocenters. The summed E-state index contributed by atoms with van der Waals surface area (Å²) in [5.74, 6) is -5.71. The van der Waals surface area contributed by atoms with Crippen molar-refractivity contribution < 1.29 is 91.3 Å². The smallest absolute Gasteiger partial charge is 0.407 e. The van der Waals surface area contributed by atoms with Crippen LogP contribution in [0.25, 0.3) is 33.4 Å². The van der Waals surface area contributed by atoms with Gasteiger partial charge in [0.2, 0.25) is 11.8 Å². The summed E-state index contributed by atoms with van der Waals surface area (Å²) in [6.45, 7) is 8.15. The van der Waals surface area contributed by atoms with Crippen molar-refractivity contribution in [2.24, 2.45) is 11.5 Å². The lowest BCUT2D eigenvalue weighted by Crippen LogP contribution is -2.48. The third-order valence-corrected chi connectivity index (χ3v) is 14.3. The zero-order valence-corrected chi connectivity index (χ0v) is 51.7. The quantitative estimate of drug-likeness (QED) is 0.0227. The second-order valence-electron chi connectivity index (χ2n) is 23.3. The van der Waals surface area contributed by atoms with E-state index < -0.39 is 103 Å². The maximum Gasteiger partial charge on any atom is 0.407 e. The van der Waals surface area contributed by atoms with Crippen molar-refractivity contribution in [3.63, 3.8) is 0 Å². The van der Waals surface area contributed by atoms with Crippen LogP contribution in [0.3, 0.4) is 0 Å². The van der Waals surface area contributed by atoms with Gasteiger partial charge in [-0.15, -0.1) is 0 Å². The van der Waals surface area contributed by atoms with E-state index in [0.29, 0.717) is 0 Å². The third-order valence-electron chi connectivity index (χ3n) is 14.3. The van der Waals surface area contributed by atoms with E-state index in [4.69, 9.17) is 54.5 Å². The van der Waals surface area contributed by atoms with E-state index in [1.165, 1.54) is 0 Å². The fraction of sp³-hybridized carbons (Fsp3) is 0.338. The van der Waals surface area contributed by atoms with Crippen molar-refractivity contribution in [2.45, 2.75) is 88.6 Å². The standard InChI is InChI=1S/C24H28N2O6.C24H27NO7.C20H20N2O6/c1-24(2,3)32-21(27)14-30-13-20(22(25)28)26-23(29)31-12-19-17-10-6-4-8-15(17)16-9-5-7-11-18(16)19;1-24(2,3)32-21(26)14-30-13-20(22(27)28)25-23(29)31-12-19-17-10-6-4-8-15(17)16-9-5-7-11-18(16)19;21-19(25)17(10-27-11-18(23)24)22-20(26)28-9-16-14-7-3-1-5-12(14)13-6-2-4-8-15(13)16/h4-11,19-20H,12-14H2,1-3H3,(H2,25,28)(H,26,29);4-11,19-20H,12-14H2,1-3H3,(H,25,29)(H,27,28);1-8,16-17H,9-11H2,(H2,21,25)(H,22,26)(H,23,24)/t2*20-;17-/m000/s1. The van der Waals surface area contributed by atoms with E-state index in [1.807, 2.05) is 146 Å². The van der Waals surface area contributed by atoms with Gasteiger partial charge in [-0.05, 0) is 108 Å². The van der Waals surface area contributed by atoms with Crippen molar-refractivity contribution in [1.82, 2.24) is 16.0 Å². The van der Waals surface area contributed by atoms with Crippen LogP contribution >= 0.6 is 0 Å². The fourth-order valence-corrected chi connectivity index (χ4v) is 10.4. The molecule has 24 heteroatoms. The number of carbonyl (C=O) groups excluding carboxylic acids is 7. The minimum absolute atomic E-state index is 0.0605. The third kappa shape index (κ3) is 19.7. The highest BCUT2D eigenvalue weighted by atomic mass is 16.6. The Morgan fingerprint density at radius 3 is 0.870 bits per heavy atom. The maximum absolute atomic E-state index is 12.3. The van der Waals surface area contributed by atoms with Crippen LogP contribution < -0.4 is 27.4 Å². The van der Waals surface area contributed by atoms with Crippen LogP contribution in [0.5, 0.6) is 0 Å². The van der Waals surface area contributed by atoms with Gasteiger partial charge in [0.25, 0.3) is 0 Å². The molecule has 0 aromatic heterocycles. The van der Waals surface area contributed by atoms with Gasteiger partial charge in [0.15, 0.2) is 6.04 Å². The summed E-state index contributed by atoms with van der Waals surface area (Å²) in [7, 11) is 0. The number of rotatable bonds is 24. The number of carboxylic acids is 2. The first-order valence-electron chi connectivity index (χ1n) is 29.3. The van der Waals surface area contributed by atoms with E-state index in [1.54, 1.807) is 41.5 Å². The second kappa shape index (κ2) is 32.0. The summed E-state index contributed by atoms with van der Waals surface area (Å²) >= 11 is 0. The number of aliphatic carboxylic acids is 2. The van der Waals surface area contributed by atoms with Crippen molar-refractivity contribution in [1.29, 1.82) is 0 Å². The number of hydrogen-bond donors (Lipinski definition) is 7. The first-order chi connectivity index (χ1) is 43.8. The number of carboxylic acid groups (broad SMARTS) is 2. The summed E-state index contributed by atoms with van der Waals surface area (Å²) in [6, 6.07) is 43.9. The number of primary amides is 2. The van der Waals surface area contributed by atoms with Gasteiger partial charge in [-0.2, -0.15) is 0 Å². The number of nitrogens with one attached hydrogen (secondary N) is 3. The molecule has 92 heavy (non-hydrogen) atoms. The minimum atomic E-state index is -1.37. The van der Waals surface area contributed by atoms with Crippen LogP contribution in [-0.2, 0) is 66.7 Å². The zero-order chi connectivity index (χ0) is 66.7. The number of esters is 2. The molecular weight excluding hydrogens is 1190 g/mol. The molecule has 486 valence electrons. The Morgan fingerprint density at radius 2 is 0.630 bits per heavy atom. The molecule has 5 amide bonds. The first kappa shape index (κ1) is 69.3.